The van der Waals surface area contributed by atoms with Crippen molar-refractivity contribution in [2.75, 3.05) is 0 Å². The van der Waals surface area contributed by atoms with Gasteiger partial charge in [-0.2, -0.15) is 0 Å². The topological polar surface area (TPSA) is 231 Å². The summed E-state index contributed by atoms with van der Waals surface area (Å²) in [5, 5.41) is 0. The number of hydrogen-bond donors (Lipinski definition) is 4. The third-order valence-electron chi connectivity index (χ3n) is 0. The van der Waals surface area contributed by atoms with Gasteiger partial charge in [0, 0.05) is 10.4 Å². The molecule has 12 heteroatoms. The molecule has 0 atom stereocenters. The smallest absolute Gasteiger partial charge is 0.759 e. The summed E-state index contributed by atoms with van der Waals surface area (Å²) < 4.78 is 42.9. The maximum absolute atomic E-state index is 8.77. The minimum atomic E-state index is -5.17. The lowest BCUT2D eigenvalue weighted by Crippen LogP contribution is -1.94. The van der Waals surface area contributed by atoms with Crippen LogP contribution in [-0.4, -0.2) is 27.3 Å². The molecule has 0 heterocycles. The van der Waals surface area contributed by atoms with Crippen LogP contribution in [0.1, 0.15) is 4.28 Å². The van der Waals surface area contributed by atoms with Crippen molar-refractivity contribution in [3.63, 3.8) is 0 Å². The minimum absolute atomic E-state index is 0. The largest absolute Gasteiger partial charge is 1.00 e. The second-order valence-electron chi connectivity index (χ2n) is 0.899. The monoisotopic (exact) mass is 230 g/mol. The van der Waals surface area contributed by atoms with Gasteiger partial charge < -0.3 is 36.1 Å². The summed E-state index contributed by atoms with van der Waals surface area (Å²) in [6.45, 7) is 0. The predicted octanol–water partition coefficient (Wildman–Crippen LogP) is -2.24. The fourth-order valence-electron chi connectivity index (χ4n) is 0. The zero-order valence-corrected chi connectivity index (χ0v) is 7.32. The van der Waals surface area contributed by atoms with E-state index in [0.29, 0.717) is 0 Å². The van der Waals surface area contributed by atoms with E-state index in [1.54, 1.807) is 0 Å². The molecule has 0 saturated heterocycles. The van der Waals surface area contributed by atoms with Crippen molar-refractivity contribution in [1.29, 1.82) is 0 Å². The van der Waals surface area contributed by atoms with Gasteiger partial charge in [0.05, 0.1) is 0 Å². The van der Waals surface area contributed by atoms with E-state index in [-0.39, 0.29) is 16.6 Å². The highest BCUT2D eigenvalue weighted by Gasteiger charge is 1.82. The van der Waals surface area contributed by atoms with Crippen molar-refractivity contribution in [2.45, 2.75) is 0 Å². The molecule has 0 radical (unpaired) electrons. The highest BCUT2D eigenvalue weighted by atomic mass is 32.3. The highest BCUT2D eigenvalue weighted by molar-refractivity contribution is 7.79. The van der Waals surface area contributed by atoms with Gasteiger partial charge in [0.15, 0.2) is 0 Å². The van der Waals surface area contributed by atoms with E-state index in [1.807, 2.05) is 0 Å². The first-order chi connectivity index (χ1) is 4.00. The normalized spacial score (nSPS) is 9.75. The van der Waals surface area contributed by atoms with Crippen molar-refractivity contribution in [3.8, 4) is 0 Å². The molecular formula is H11N2O8PS. The SMILES string of the molecule is N.N.O=P([O-])(O)O.O=S(=O)([O-])[O-].[H+].[H+].[H+]. The molecule has 0 spiro atoms. The van der Waals surface area contributed by atoms with Crippen LogP contribution in [0, 0.1) is 0 Å². The first-order valence-corrected chi connectivity index (χ1v) is 4.30. The summed E-state index contributed by atoms with van der Waals surface area (Å²) in [5.74, 6) is 0. The van der Waals surface area contributed by atoms with E-state index >= 15 is 0 Å². The van der Waals surface area contributed by atoms with Crippen molar-refractivity contribution in [1.82, 2.24) is 12.3 Å². The van der Waals surface area contributed by atoms with E-state index in [2.05, 4.69) is 0 Å². The van der Waals surface area contributed by atoms with Crippen LogP contribution >= 0.6 is 7.82 Å². The molecule has 80 valence electrons. The van der Waals surface area contributed by atoms with Crippen LogP contribution in [0.25, 0.3) is 0 Å². The predicted molar refractivity (Wildman–Crippen MR) is 35.9 cm³/mol. The van der Waals surface area contributed by atoms with Gasteiger partial charge in [0.2, 0.25) is 0 Å². The average Bonchev–Trinajstić information content (AvgIpc) is 1.12. The first kappa shape index (κ1) is 22.7. The van der Waals surface area contributed by atoms with Gasteiger partial charge in [-0.25, -0.2) is 0 Å². The molecule has 0 aliphatic carbocycles. The van der Waals surface area contributed by atoms with Crippen LogP contribution in [0.4, 0.5) is 0 Å². The van der Waals surface area contributed by atoms with E-state index in [0.717, 1.165) is 0 Å². The molecule has 0 bridgehead atoms. The van der Waals surface area contributed by atoms with Crippen LogP contribution in [0.15, 0.2) is 0 Å². The number of phosphoric acid groups is 1. The molecule has 0 aliphatic rings. The van der Waals surface area contributed by atoms with E-state index < -0.39 is 18.2 Å². The molecule has 8 N–H and O–H groups in total. The molecule has 0 aromatic heterocycles. The van der Waals surface area contributed by atoms with Crippen molar-refractivity contribution in [2.24, 2.45) is 0 Å². The van der Waals surface area contributed by atoms with Gasteiger partial charge in [0.1, 0.15) is 0 Å². The lowest BCUT2D eigenvalue weighted by Gasteiger charge is -2.06. The van der Waals surface area contributed by atoms with Gasteiger partial charge in [0.25, 0.3) is 7.82 Å². The fourth-order valence-corrected chi connectivity index (χ4v) is 0. The van der Waals surface area contributed by atoms with E-state index in [4.69, 9.17) is 36.8 Å². The zero-order chi connectivity index (χ0) is 9.00. The Morgan fingerprint density at radius 1 is 1.17 bits per heavy atom. The van der Waals surface area contributed by atoms with Crippen LogP contribution in [0.2, 0.25) is 0 Å². The van der Waals surface area contributed by atoms with E-state index in [9.17, 15) is 0 Å². The van der Waals surface area contributed by atoms with Gasteiger partial charge in [-0.15, -0.1) is 0 Å². The van der Waals surface area contributed by atoms with Crippen molar-refractivity contribution < 1.29 is 41.0 Å². The summed E-state index contributed by atoms with van der Waals surface area (Å²) >= 11 is 0. The van der Waals surface area contributed by atoms with Crippen molar-refractivity contribution >= 4 is 18.2 Å². The van der Waals surface area contributed by atoms with Crippen LogP contribution in [0.3, 0.4) is 0 Å². The van der Waals surface area contributed by atoms with Crippen molar-refractivity contribution in [3.05, 3.63) is 0 Å². The van der Waals surface area contributed by atoms with Gasteiger partial charge >= 0.3 is 4.28 Å². The Hall–Kier alpha value is -0.100. The third-order valence-corrected chi connectivity index (χ3v) is 0. The second-order valence-corrected chi connectivity index (χ2v) is 2.70. The second kappa shape index (κ2) is 7.54. The lowest BCUT2D eigenvalue weighted by molar-refractivity contribution is -0.214. The average molecular weight is 230 g/mol. The van der Waals surface area contributed by atoms with Gasteiger partial charge in [-0.05, 0) is 0 Å². The molecule has 0 rings (SSSR count). The van der Waals surface area contributed by atoms with Crippen LogP contribution in [0.5, 0.6) is 0 Å². The maximum Gasteiger partial charge on any atom is 1.00 e. The summed E-state index contributed by atoms with van der Waals surface area (Å²) in [4.78, 5) is 22.9. The number of rotatable bonds is 0. The van der Waals surface area contributed by atoms with Crippen LogP contribution < -0.4 is 17.2 Å². The Labute approximate surface area is 72.7 Å². The summed E-state index contributed by atoms with van der Waals surface area (Å²) in [6.07, 6.45) is 0. The molecule has 0 aliphatic heterocycles. The van der Waals surface area contributed by atoms with Gasteiger partial charge in [-0.1, -0.05) is 0 Å². The zero-order valence-electron chi connectivity index (χ0n) is 8.61. The standard InChI is InChI=1S/2H3N.H3O4P.H2O4S/c;;2*1-5(2,3)4/h2*1H3;(H3,1,2,3,4);(H2,1,2,3,4). The maximum atomic E-state index is 8.77. The quantitative estimate of drug-likeness (QED) is 0.198. The minimum Gasteiger partial charge on any atom is -0.759 e. The Morgan fingerprint density at radius 2 is 1.17 bits per heavy atom. The Balaban J connectivity index is -0.0000000128. The first-order valence-electron chi connectivity index (χ1n) is 1.43. The highest BCUT2D eigenvalue weighted by Crippen LogP contribution is 2.18. The lowest BCUT2D eigenvalue weighted by atomic mass is 14.0. The Morgan fingerprint density at radius 3 is 1.17 bits per heavy atom. The Kier molecular flexibility index (Phi) is 14.2. The summed E-state index contributed by atoms with van der Waals surface area (Å²) in [6, 6.07) is 0. The van der Waals surface area contributed by atoms with Gasteiger partial charge in [-0.3, -0.25) is 13.0 Å². The molecule has 0 unspecified atom stereocenters. The molecule has 10 nitrogen and oxygen atoms in total. The molecule has 0 amide bonds. The molecular weight excluding hydrogens is 219 g/mol. The molecule has 0 aromatic rings. The molecule has 12 heavy (non-hydrogen) atoms. The number of hydrogen-bond acceptors (Lipinski definition) is 8. The summed E-state index contributed by atoms with van der Waals surface area (Å²) in [5.41, 5.74) is 0. The van der Waals surface area contributed by atoms with E-state index in [1.165, 1.54) is 0 Å². The molecule has 0 saturated carbocycles. The summed E-state index contributed by atoms with van der Waals surface area (Å²) in [7, 11) is -10.1. The molecule has 0 aromatic carbocycles. The Bertz CT molecular complexity index is 206. The third kappa shape index (κ3) is 78400. The fraction of sp³-hybridized carbons (Fsp3) is 0. The molecule has 0 fully saturated rings. The van der Waals surface area contributed by atoms with Crippen LogP contribution in [-0.2, 0) is 15.0 Å².